The van der Waals surface area contributed by atoms with Gasteiger partial charge >= 0.3 is 0 Å². The molecule has 0 aromatic heterocycles. The molecule has 1 unspecified atom stereocenters. The fourth-order valence-corrected chi connectivity index (χ4v) is 3.01. The second kappa shape index (κ2) is 8.20. The Balaban J connectivity index is 2.12. The molecular formula is C18H22BrNO. The SMILES string of the molecule is CNCC(Cc1ccccc1)Cc1cc(OC)ccc1Br. The van der Waals surface area contributed by atoms with Gasteiger partial charge in [-0.3, -0.25) is 0 Å². The predicted octanol–water partition coefficient (Wildman–Crippen LogP) is 4.08. The Morgan fingerprint density at radius 2 is 1.86 bits per heavy atom. The van der Waals surface area contributed by atoms with Gasteiger partial charge in [-0.15, -0.1) is 0 Å². The standard InChI is InChI=1S/C18H22BrNO/c1-20-13-15(10-14-6-4-3-5-7-14)11-16-12-17(21-2)8-9-18(16)19/h3-9,12,15,20H,10-11,13H2,1-2H3. The first-order chi connectivity index (χ1) is 10.2. The summed E-state index contributed by atoms with van der Waals surface area (Å²) in [4.78, 5) is 0. The molecule has 0 aliphatic rings. The van der Waals surface area contributed by atoms with Gasteiger partial charge in [-0.2, -0.15) is 0 Å². The van der Waals surface area contributed by atoms with Crippen LogP contribution in [0.15, 0.2) is 53.0 Å². The minimum atomic E-state index is 0.556. The molecule has 2 aromatic rings. The highest BCUT2D eigenvalue weighted by molar-refractivity contribution is 9.10. The summed E-state index contributed by atoms with van der Waals surface area (Å²) in [6.45, 7) is 0.999. The molecular weight excluding hydrogens is 326 g/mol. The third-order valence-electron chi connectivity index (χ3n) is 3.62. The average Bonchev–Trinajstić information content (AvgIpc) is 2.51. The van der Waals surface area contributed by atoms with Gasteiger partial charge in [-0.1, -0.05) is 46.3 Å². The highest BCUT2D eigenvalue weighted by Gasteiger charge is 2.13. The zero-order valence-corrected chi connectivity index (χ0v) is 14.2. The van der Waals surface area contributed by atoms with Gasteiger partial charge in [-0.05, 0) is 61.7 Å². The summed E-state index contributed by atoms with van der Waals surface area (Å²) in [5, 5.41) is 3.31. The Morgan fingerprint density at radius 3 is 2.52 bits per heavy atom. The van der Waals surface area contributed by atoms with Crippen LogP contribution in [0.3, 0.4) is 0 Å². The van der Waals surface area contributed by atoms with Crippen molar-refractivity contribution >= 4 is 15.9 Å². The molecule has 0 radical (unpaired) electrons. The van der Waals surface area contributed by atoms with Crippen LogP contribution in [0.25, 0.3) is 0 Å². The van der Waals surface area contributed by atoms with Crippen molar-refractivity contribution in [3.8, 4) is 5.75 Å². The van der Waals surface area contributed by atoms with Gasteiger partial charge in [0.15, 0.2) is 0 Å². The van der Waals surface area contributed by atoms with E-state index in [1.54, 1.807) is 7.11 Å². The first kappa shape index (κ1) is 16.1. The second-order valence-electron chi connectivity index (χ2n) is 5.27. The molecule has 0 aliphatic heterocycles. The predicted molar refractivity (Wildman–Crippen MR) is 92.0 cm³/mol. The summed E-state index contributed by atoms with van der Waals surface area (Å²) >= 11 is 3.65. The van der Waals surface area contributed by atoms with Crippen LogP contribution in [-0.4, -0.2) is 20.7 Å². The zero-order valence-electron chi connectivity index (χ0n) is 12.6. The molecule has 0 saturated carbocycles. The molecule has 0 bridgehead atoms. The van der Waals surface area contributed by atoms with E-state index in [1.807, 2.05) is 13.1 Å². The van der Waals surface area contributed by atoms with Crippen LogP contribution in [0.5, 0.6) is 5.75 Å². The summed E-state index contributed by atoms with van der Waals surface area (Å²) in [6, 6.07) is 16.8. The molecule has 2 rings (SSSR count). The van der Waals surface area contributed by atoms with Crippen molar-refractivity contribution in [1.29, 1.82) is 0 Å². The van der Waals surface area contributed by atoms with Crippen LogP contribution >= 0.6 is 15.9 Å². The van der Waals surface area contributed by atoms with E-state index in [2.05, 4.69) is 63.7 Å². The number of ether oxygens (including phenoxy) is 1. The number of halogens is 1. The van der Waals surface area contributed by atoms with Crippen LogP contribution in [0.4, 0.5) is 0 Å². The summed E-state index contributed by atoms with van der Waals surface area (Å²) in [6.07, 6.45) is 2.10. The minimum absolute atomic E-state index is 0.556. The Hall–Kier alpha value is -1.32. The summed E-state index contributed by atoms with van der Waals surface area (Å²) in [5.41, 5.74) is 2.68. The maximum absolute atomic E-state index is 5.33. The molecule has 0 fully saturated rings. The van der Waals surface area contributed by atoms with Gasteiger partial charge in [0.2, 0.25) is 0 Å². The molecule has 112 valence electrons. The first-order valence-corrected chi connectivity index (χ1v) is 8.03. The molecule has 0 amide bonds. The van der Waals surface area contributed by atoms with E-state index < -0.39 is 0 Å². The van der Waals surface area contributed by atoms with Crippen molar-refractivity contribution in [3.63, 3.8) is 0 Å². The third-order valence-corrected chi connectivity index (χ3v) is 4.40. The lowest BCUT2D eigenvalue weighted by Crippen LogP contribution is -2.23. The van der Waals surface area contributed by atoms with Crippen molar-refractivity contribution in [2.75, 3.05) is 20.7 Å². The number of nitrogens with one attached hydrogen (secondary N) is 1. The molecule has 0 aliphatic carbocycles. The molecule has 1 atom stereocenters. The number of hydrogen-bond donors (Lipinski definition) is 1. The van der Waals surface area contributed by atoms with Crippen LogP contribution in [0, 0.1) is 5.92 Å². The van der Waals surface area contributed by atoms with Crippen LogP contribution in [0.1, 0.15) is 11.1 Å². The normalized spacial score (nSPS) is 12.1. The largest absolute Gasteiger partial charge is 0.497 e. The molecule has 0 spiro atoms. The number of benzene rings is 2. The maximum Gasteiger partial charge on any atom is 0.119 e. The van der Waals surface area contributed by atoms with E-state index in [1.165, 1.54) is 11.1 Å². The first-order valence-electron chi connectivity index (χ1n) is 7.24. The summed E-state index contributed by atoms with van der Waals surface area (Å²) in [7, 11) is 3.72. The maximum atomic E-state index is 5.33. The lowest BCUT2D eigenvalue weighted by Gasteiger charge is -2.18. The van der Waals surface area contributed by atoms with Gasteiger partial charge in [0, 0.05) is 4.47 Å². The number of rotatable bonds is 7. The van der Waals surface area contributed by atoms with Crippen molar-refractivity contribution in [3.05, 3.63) is 64.1 Å². The number of hydrogen-bond acceptors (Lipinski definition) is 2. The van der Waals surface area contributed by atoms with Gasteiger partial charge in [0.05, 0.1) is 7.11 Å². The lowest BCUT2D eigenvalue weighted by atomic mass is 9.92. The van der Waals surface area contributed by atoms with E-state index >= 15 is 0 Å². The average molecular weight is 348 g/mol. The fraction of sp³-hybridized carbons (Fsp3) is 0.333. The number of methoxy groups -OCH3 is 1. The van der Waals surface area contributed by atoms with Gasteiger partial charge in [0.1, 0.15) is 5.75 Å². The van der Waals surface area contributed by atoms with Crippen LogP contribution in [0.2, 0.25) is 0 Å². The van der Waals surface area contributed by atoms with E-state index in [4.69, 9.17) is 4.74 Å². The minimum Gasteiger partial charge on any atom is -0.497 e. The van der Waals surface area contributed by atoms with Crippen molar-refractivity contribution in [2.45, 2.75) is 12.8 Å². The molecule has 0 heterocycles. The highest BCUT2D eigenvalue weighted by Crippen LogP contribution is 2.26. The Bertz CT molecular complexity index is 556. The molecule has 21 heavy (non-hydrogen) atoms. The van der Waals surface area contributed by atoms with Crippen molar-refractivity contribution in [1.82, 2.24) is 5.32 Å². The van der Waals surface area contributed by atoms with E-state index in [0.29, 0.717) is 5.92 Å². The fourth-order valence-electron chi connectivity index (χ4n) is 2.60. The lowest BCUT2D eigenvalue weighted by molar-refractivity contribution is 0.413. The Kier molecular flexibility index (Phi) is 6.27. The Morgan fingerprint density at radius 1 is 1.10 bits per heavy atom. The van der Waals surface area contributed by atoms with E-state index in [0.717, 1.165) is 29.6 Å². The van der Waals surface area contributed by atoms with Crippen molar-refractivity contribution < 1.29 is 4.74 Å². The summed E-state index contributed by atoms with van der Waals surface area (Å²) in [5.74, 6) is 1.47. The third kappa shape index (κ3) is 4.87. The Labute approximate surface area is 135 Å². The van der Waals surface area contributed by atoms with Crippen molar-refractivity contribution in [2.24, 2.45) is 5.92 Å². The molecule has 2 aromatic carbocycles. The topological polar surface area (TPSA) is 21.3 Å². The van der Waals surface area contributed by atoms with Gasteiger partial charge in [0.25, 0.3) is 0 Å². The molecule has 0 saturated heterocycles. The van der Waals surface area contributed by atoms with Gasteiger partial charge in [-0.25, -0.2) is 0 Å². The molecule has 2 nitrogen and oxygen atoms in total. The molecule has 1 N–H and O–H groups in total. The molecule has 3 heteroatoms. The highest BCUT2D eigenvalue weighted by atomic mass is 79.9. The van der Waals surface area contributed by atoms with E-state index in [9.17, 15) is 0 Å². The van der Waals surface area contributed by atoms with E-state index in [-0.39, 0.29) is 0 Å². The van der Waals surface area contributed by atoms with Gasteiger partial charge < -0.3 is 10.1 Å². The zero-order chi connectivity index (χ0) is 15.1. The van der Waals surface area contributed by atoms with Crippen LogP contribution < -0.4 is 10.1 Å². The summed E-state index contributed by atoms with van der Waals surface area (Å²) < 4.78 is 6.48. The smallest absolute Gasteiger partial charge is 0.119 e. The second-order valence-corrected chi connectivity index (χ2v) is 6.13. The van der Waals surface area contributed by atoms with Crippen LogP contribution in [-0.2, 0) is 12.8 Å². The monoisotopic (exact) mass is 347 g/mol. The quantitative estimate of drug-likeness (QED) is 0.814.